The lowest BCUT2D eigenvalue weighted by Gasteiger charge is -2.16. The van der Waals surface area contributed by atoms with Gasteiger partial charge >= 0.3 is 0 Å². The van der Waals surface area contributed by atoms with Gasteiger partial charge in [-0.15, -0.1) is 11.3 Å². The van der Waals surface area contributed by atoms with Crippen molar-refractivity contribution in [3.8, 4) is 0 Å². The molecule has 0 spiro atoms. The van der Waals surface area contributed by atoms with Crippen molar-refractivity contribution in [2.75, 3.05) is 0 Å². The van der Waals surface area contributed by atoms with Crippen molar-refractivity contribution in [3.05, 3.63) is 20.8 Å². The zero-order chi connectivity index (χ0) is 10.1. The molecule has 1 fully saturated rings. The summed E-state index contributed by atoms with van der Waals surface area (Å²) in [6.07, 6.45) is 2.50. The molecule has 78 valence electrons. The van der Waals surface area contributed by atoms with Gasteiger partial charge < -0.3 is 5.32 Å². The zero-order valence-corrected chi connectivity index (χ0v) is 11.0. The van der Waals surface area contributed by atoms with Crippen LogP contribution in [0.5, 0.6) is 0 Å². The van der Waals surface area contributed by atoms with E-state index >= 15 is 0 Å². The maximum absolute atomic E-state index is 3.65. The van der Waals surface area contributed by atoms with Gasteiger partial charge in [-0.3, -0.25) is 0 Å². The Morgan fingerprint density at radius 2 is 2.43 bits per heavy atom. The molecule has 1 aliphatic rings. The van der Waals surface area contributed by atoms with E-state index in [4.69, 9.17) is 0 Å². The standard InChI is InChI=1S/C11H16BrNS/c1-3-10-8(6-7(2)13-10)11-9(12)4-5-14-11/h4-5,7-8,10,13H,3,6H2,1-2H3. The van der Waals surface area contributed by atoms with E-state index in [1.54, 1.807) is 0 Å². The van der Waals surface area contributed by atoms with Gasteiger partial charge in [0.05, 0.1) is 0 Å². The Balaban J connectivity index is 2.21. The van der Waals surface area contributed by atoms with Gasteiger partial charge in [0.15, 0.2) is 0 Å². The summed E-state index contributed by atoms with van der Waals surface area (Å²) >= 11 is 5.52. The quantitative estimate of drug-likeness (QED) is 0.866. The fourth-order valence-corrected chi connectivity index (χ4v) is 4.21. The van der Waals surface area contributed by atoms with Gasteiger partial charge in [-0.1, -0.05) is 6.92 Å². The van der Waals surface area contributed by atoms with Gasteiger partial charge in [0, 0.05) is 27.4 Å². The second-order valence-corrected chi connectivity index (χ2v) is 5.86. The highest BCUT2D eigenvalue weighted by molar-refractivity contribution is 9.10. The Kier molecular flexibility index (Phi) is 3.30. The van der Waals surface area contributed by atoms with E-state index in [9.17, 15) is 0 Å². The largest absolute Gasteiger partial charge is 0.311 e. The summed E-state index contributed by atoms with van der Waals surface area (Å²) in [4.78, 5) is 1.52. The molecule has 1 saturated heterocycles. The second-order valence-electron chi connectivity index (χ2n) is 4.06. The van der Waals surface area contributed by atoms with E-state index in [-0.39, 0.29) is 0 Å². The van der Waals surface area contributed by atoms with Gasteiger partial charge in [-0.2, -0.15) is 0 Å². The highest BCUT2D eigenvalue weighted by atomic mass is 79.9. The van der Waals surface area contributed by atoms with Crippen LogP contribution in [0.25, 0.3) is 0 Å². The minimum atomic E-state index is 0.666. The number of rotatable bonds is 2. The third-order valence-corrected chi connectivity index (χ3v) is 5.02. The lowest BCUT2D eigenvalue weighted by atomic mass is 9.96. The van der Waals surface area contributed by atoms with Crippen LogP contribution in [0.3, 0.4) is 0 Å². The summed E-state index contributed by atoms with van der Waals surface area (Å²) < 4.78 is 1.29. The molecule has 2 rings (SSSR count). The van der Waals surface area contributed by atoms with Crippen LogP contribution in [0.4, 0.5) is 0 Å². The van der Waals surface area contributed by atoms with E-state index in [1.165, 1.54) is 22.2 Å². The molecular weight excluding hydrogens is 258 g/mol. The van der Waals surface area contributed by atoms with Crippen molar-refractivity contribution >= 4 is 27.3 Å². The molecule has 0 aromatic carbocycles. The molecule has 2 heterocycles. The van der Waals surface area contributed by atoms with Crippen molar-refractivity contribution in [1.29, 1.82) is 0 Å². The Bertz CT molecular complexity index is 310. The number of nitrogens with one attached hydrogen (secondary N) is 1. The molecule has 0 amide bonds. The van der Waals surface area contributed by atoms with E-state index in [0.717, 1.165) is 0 Å². The molecular formula is C11H16BrNS. The molecule has 0 aliphatic carbocycles. The summed E-state index contributed by atoms with van der Waals surface area (Å²) in [6.45, 7) is 4.55. The normalized spacial score (nSPS) is 32.4. The van der Waals surface area contributed by atoms with Crippen molar-refractivity contribution in [2.24, 2.45) is 0 Å². The molecule has 0 bridgehead atoms. The first kappa shape index (κ1) is 10.7. The lowest BCUT2D eigenvalue weighted by molar-refractivity contribution is 0.520. The van der Waals surface area contributed by atoms with Crippen molar-refractivity contribution in [1.82, 2.24) is 5.32 Å². The SMILES string of the molecule is CCC1NC(C)CC1c1sccc1Br. The summed E-state index contributed by atoms with van der Waals surface area (Å²) in [5, 5.41) is 5.83. The van der Waals surface area contributed by atoms with Gasteiger partial charge in [-0.25, -0.2) is 0 Å². The summed E-state index contributed by atoms with van der Waals surface area (Å²) in [5.41, 5.74) is 0. The van der Waals surface area contributed by atoms with E-state index in [1.807, 2.05) is 11.3 Å². The minimum absolute atomic E-state index is 0.666. The minimum Gasteiger partial charge on any atom is -0.311 e. The lowest BCUT2D eigenvalue weighted by Crippen LogP contribution is -2.28. The Morgan fingerprint density at radius 3 is 3.00 bits per heavy atom. The van der Waals surface area contributed by atoms with E-state index < -0.39 is 0 Å². The zero-order valence-electron chi connectivity index (χ0n) is 8.59. The smallest absolute Gasteiger partial charge is 0.0317 e. The average Bonchev–Trinajstić information content (AvgIpc) is 2.71. The topological polar surface area (TPSA) is 12.0 Å². The molecule has 3 atom stereocenters. The van der Waals surface area contributed by atoms with Crippen molar-refractivity contribution < 1.29 is 0 Å². The molecule has 0 radical (unpaired) electrons. The molecule has 1 nitrogen and oxygen atoms in total. The Morgan fingerprint density at radius 1 is 1.64 bits per heavy atom. The third-order valence-electron chi connectivity index (χ3n) is 3.01. The summed E-state index contributed by atoms with van der Waals surface area (Å²) in [7, 11) is 0. The fourth-order valence-electron chi connectivity index (χ4n) is 2.36. The molecule has 1 N–H and O–H groups in total. The molecule has 1 aromatic rings. The number of thiophene rings is 1. The van der Waals surface area contributed by atoms with Crippen LogP contribution in [0.15, 0.2) is 15.9 Å². The first-order chi connectivity index (χ1) is 6.72. The van der Waals surface area contributed by atoms with Crippen LogP contribution in [-0.2, 0) is 0 Å². The number of halogens is 1. The van der Waals surface area contributed by atoms with Gasteiger partial charge in [0.2, 0.25) is 0 Å². The molecule has 3 heteroatoms. The number of hydrogen-bond acceptors (Lipinski definition) is 2. The van der Waals surface area contributed by atoms with Crippen molar-refractivity contribution in [2.45, 2.75) is 44.7 Å². The summed E-state index contributed by atoms with van der Waals surface area (Å²) in [6, 6.07) is 3.49. The van der Waals surface area contributed by atoms with E-state index in [0.29, 0.717) is 18.0 Å². The molecule has 14 heavy (non-hydrogen) atoms. The van der Waals surface area contributed by atoms with Crippen LogP contribution in [0, 0.1) is 0 Å². The van der Waals surface area contributed by atoms with Gasteiger partial charge in [-0.05, 0) is 47.1 Å². The van der Waals surface area contributed by atoms with Crippen molar-refractivity contribution in [3.63, 3.8) is 0 Å². The second kappa shape index (κ2) is 4.33. The Hall–Kier alpha value is 0.140. The molecule has 1 aliphatic heterocycles. The first-order valence-corrected chi connectivity index (χ1v) is 6.88. The van der Waals surface area contributed by atoms with Crippen LogP contribution in [0.1, 0.15) is 37.5 Å². The van der Waals surface area contributed by atoms with Crippen LogP contribution < -0.4 is 5.32 Å². The van der Waals surface area contributed by atoms with Gasteiger partial charge in [0.1, 0.15) is 0 Å². The van der Waals surface area contributed by atoms with Gasteiger partial charge in [0.25, 0.3) is 0 Å². The molecule has 3 unspecified atom stereocenters. The Labute approximate surface area is 98.0 Å². The number of hydrogen-bond donors (Lipinski definition) is 1. The maximum Gasteiger partial charge on any atom is 0.0317 e. The molecule has 0 saturated carbocycles. The summed E-state index contributed by atoms with van der Waals surface area (Å²) in [5.74, 6) is 0.712. The predicted octanol–water partition coefficient (Wildman–Crippen LogP) is 3.75. The van der Waals surface area contributed by atoms with Crippen LogP contribution in [-0.4, -0.2) is 12.1 Å². The van der Waals surface area contributed by atoms with Crippen LogP contribution in [0.2, 0.25) is 0 Å². The van der Waals surface area contributed by atoms with E-state index in [2.05, 4.69) is 46.5 Å². The monoisotopic (exact) mass is 273 g/mol. The molecule has 1 aromatic heterocycles. The van der Waals surface area contributed by atoms with Crippen LogP contribution >= 0.6 is 27.3 Å². The first-order valence-electron chi connectivity index (χ1n) is 5.21. The third kappa shape index (κ3) is 1.90. The highest BCUT2D eigenvalue weighted by Gasteiger charge is 2.32. The maximum atomic E-state index is 3.65. The fraction of sp³-hybridized carbons (Fsp3) is 0.636. The predicted molar refractivity (Wildman–Crippen MR) is 66.1 cm³/mol. The average molecular weight is 274 g/mol. The highest BCUT2D eigenvalue weighted by Crippen LogP contribution is 2.39.